The fraction of sp³-hybridized carbons (Fsp3) is 0.571. The summed E-state index contributed by atoms with van der Waals surface area (Å²) < 4.78 is 19.5. The molecule has 0 aliphatic carbocycles. The Bertz CT molecular complexity index is 502. The van der Waals surface area contributed by atoms with Gasteiger partial charge in [-0.25, -0.2) is 12.9 Å². The van der Waals surface area contributed by atoms with Crippen molar-refractivity contribution in [2.24, 2.45) is 10.3 Å². The lowest BCUT2D eigenvalue weighted by Gasteiger charge is -2.22. The minimum absolute atomic E-state index is 0.393. The van der Waals surface area contributed by atoms with Gasteiger partial charge in [0.2, 0.25) is 0 Å². The highest BCUT2D eigenvalue weighted by Gasteiger charge is 2.18. The van der Waals surface area contributed by atoms with Gasteiger partial charge >= 0.3 is 0 Å². The standard InChI is InChI=1S/C14H25N3OS/c1-5-10-17(4)19(18,16-11-12(2)3)14-8-6-13(15)7-9-14/h6-9,12H,5,10-11,15H2,1-4H3. The molecule has 5 heteroatoms. The maximum atomic E-state index is 13.2. The molecule has 108 valence electrons. The van der Waals surface area contributed by atoms with Crippen LogP contribution in [0.1, 0.15) is 27.2 Å². The molecular weight excluding hydrogens is 258 g/mol. The van der Waals surface area contributed by atoms with Gasteiger partial charge in [0.05, 0.1) is 11.4 Å². The van der Waals surface area contributed by atoms with E-state index >= 15 is 0 Å². The fourth-order valence-corrected chi connectivity index (χ4v) is 3.81. The van der Waals surface area contributed by atoms with Gasteiger partial charge in [-0.2, -0.15) is 0 Å². The van der Waals surface area contributed by atoms with Crippen molar-refractivity contribution in [3.8, 4) is 0 Å². The summed E-state index contributed by atoms with van der Waals surface area (Å²) in [6.45, 7) is 7.57. The number of benzene rings is 1. The molecule has 0 heterocycles. The Balaban J connectivity index is 3.22. The molecule has 0 radical (unpaired) electrons. The molecular formula is C14H25N3OS. The predicted molar refractivity (Wildman–Crippen MR) is 82.3 cm³/mol. The molecule has 1 aromatic carbocycles. The first-order valence-electron chi connectivity index (χ1n) is 6.70. The Hall–Kier alpha value is -1.07. The van der Waals surface area contributed by atoms with Crippen molar-refractivity contribution in [2.75, 3.05) is 25.9 Å². The SMILES string of the molecule is CCCN(C)S(=O)(=NCC(C)C)c1ccc(N)cc1. The molecule has 0 aromatic heterocycles. The third kappa shape index (κ3) is 4.21. The maximum absolute atomic E-state index is 13.2. The van der Waals surface area contributed by atoms with Crippen molar-refractivity contribution >= 4 is 15.6 Å². The van der Waals surface area contributed by atoms with E-state index in [1.54, 1.807) is 12.1 Å². The molecule has 0 amide bonds. The molecule has 1 rings (SSSR count). The zero-order valence-electron chi connectivity index (χ0n) is 12.3. The molecule has 1 unspecified atom stereocenters. The Labute approximate surface area is 117 Å². The number of rotatable bonds is 6. The normalized spacial score (nSPS) is 14.6. The summed E-state index contributed by atoms with van der Waals surface area (Å²) in [6, 6.07) is 7.18. The topological polar surface area (TPSA) is 58.7 Å². The van der Waals surface area contributed by atoms with Crippen LogP contribution in [0.5, 0.6) is 0 Å². The van der Waals surface area contributed by atoms with E-state index in [1.165, 1.54) is 0 Å². The maximum Gasteiger partial charge on any atom is 0.139 e. The van der Waals surface area contributed by atoms with Crippen LogP contribution in [0.15, 0.2) is 33.5 Å². The van der Waals surface area contributed by atoms with Crippen molar-refractivity contribution in [3.05, 3.63) is 24.3 Å². The van der Waals surface area contributed by atoms with E-state index in [9.17, 15) is 4.21 Å². The monoisotopic (exact) mass is 283 g/mol. The molecule has 1 aromatic rings. The van der Waals surface area contributed by atoms with Crippen molar-refractivity contribution in [3.63, 3.8) is 0 Å². The van der Waals surface area contributed by atoms with E-state index in [4.69, 9.17) is 5.73 Å². The van der Waals surface area contributed by atoms with Crippen molar-refractivity contribution in [1.82, 2.24) is 4.31 Å². The molecule has 0 saturated heterocycles. The lowest BCUT2D eigenvalue weighted by atomic mass is 10.2. The van der Waals surface area contributed by atoms with Crippen LogP contribution in [0, 0.1) is 5.92 Å². The fourth-order valence-electron chi connectivity index (χ4n) is 1.69. The lowest BCUT2D eigenvalue weighted by Crippen LogP contribution is -2.28. The highest BCUT2D eigenvalue weighted by Crippen LogP contribution is 2.19. The van der Waals surface area contributed by atoms with Gasteiger partial charge in [-0.3, -0.25) is 0 Å². The number of hydrogen-bond acceptors (Lipinski definition) is 3. The minimum atomic E-state index is -2.52. The molecule has 0 bridgehead atoms. The van der Waals surface area contributed by atoms with Crippen LogP contribution in [0.2, 0.25) is 0 Å². The second-order valence-corrected chi connectivity index (χ2v) is 7.47. The molecule has 2 N–H and O–H groups in total. The Morgan fingerprint density at radius 3 is 2.37 bits per heavy atom. The Kier molecular flexibility index (Phi) is 5.82. The van der Waals surface area contributed by atoms with Gasteiger partial charge in [-0.1, -0.05) is 20.8 Å². The zero-order valence-corrected chi connectivity index (χ0v) is 13.1. The van der Waals surface area contributed by atoms with Gasteiger partial charge in [0.1, 0.15) is 9.92 Å². The van der Waals surface area contributed by atoms with Crippen LogP contribution in [0.4, 0.5) is 5.69 Å². The third-order valence-electron chi connectivity index (χ3n) is 2.76. The zero-order chi connectivity index (χ0) is 14.5. The lowest BCUT2D eigenvalue weighted by molar-refractivity contribution is 0.507. The van der Waals surface area contributed by atoms with Crippen LogP contribution < -0.4 is 5.73 Å². The number of nitrogens with two attached hydrogens (primary N) is 1. The molecule has 19 heavy (non-hydrogen) atoms. The molecule has 1 atom stereocenters. The first kappa shape index (κ1) is 16.0. The summed E-state index contributed by atoms with van der Waals surface area (Å²) in [7, 11) is -0.651. The smallest absolute Gasteiger partial charge is 0.139 e. The second-order valence-electron chi connectivity index (χ2n) is 5.12. The highest BCUT2D eigenvalue weighted by atomic mass is 32.2. The van der Waals surface area contributed by atoms with E-state index in [-0.39, 0.29) is 0 Å². The average molecular weight is 283 g/mol. The largest absolute Gasteiger partial charge is 0.399 e. The van der Waals surface area contributed by atoms with Gasteiger partial charge in [0.15, 0.2) is 0 Å². The van der Waals surface area contributed by atoms with Crippen molar-refractivity contribution in [2.45, 2.75) is 32.1 Å². The van der Waals surface area contributed by atoms with Gasteiger partial charge in [0.25, 0.3) is 0 Å². The van der Waals surface area contributed by atoms with Crippen LogP contribution in [0.25, 0.3) is 0 Å². The molecule has 0 spiro atoms. The summed E-state index contributed by atoms with van der Waals surface area (Å²) in [6.07, 6.45) is 0.944. The molecule has 4 nitrogen and oxygen atoms in total. The summed E-state index contributed by atoms with van der Waals surface area (Å²) in [5.74, 6) is 0.393. The molecule has 0 fully saturated rings. The third-order valence-corrected chi connectivity index (χ3v) is 5.18. The summed E-state index contributed by atoms with van der Waals surface area (Å²) in [5, 5.41) is 0. The second kappa shape index (κ2) is 6.91. The van der Waals surface area contributed by atoms with E-state index < -0.39 is 9.92 Å². The van der Waals surface area contributed by atoms with E-state index in [0.29, 0.717) is 18.2 Å². The first-order chi connectivity index (χ1) is 8.90. The van der Waals surface area contributed by atoms with E-state index in [2.05, 4.69) is 25.1 Å². The molecule has 0 saturated carbocycles. The van der Waals surface area contributed by atoms with Gasteiger partial charge in [0, 0.05) is 19.3 Å². The molecule has 0 aliphatic heterocycles. The Morgan fingerprint density at radius 1 is 1.32 bits per heavy atom. The Morgan fingerprint density at radius 2 is 1.89 bits per heavy atom. The molecule has 0 aliphatic rings. The number of anilines is 1. The summed E-state index contributed by atoms with van der Waals surface area (Å²) in [4.78, 5) is 0.735. The van der Waals surface area contributed by atoms with Gasteiger partial charge in [-0.15, -0.1) is 0 Å². The van der Waals surface area contributed by atoms with Crippen LogP contribution in [-0.2, 0) is 9.92 Å². The number of nitrogen functional groups attached to an aromatic ring is 1. The highest BCUT2D eigenvalue weighted by molar-refractivity contribution is 7.91. The first-order valence-corrected chi connectivity index (χ1v) is 8.17. The van der Waals surface area contributed by atoms with Crippen molar-refractivity contribution < 1.29 is 4.21 Å². The van der Waals surface area contributed by atoms with Crippen LogP contribution in [-0.4, -0.2) is 28.7 Å². The van der Waals surface area contributed by atoms with E-state index in [0.717, 1.165) is 17.9 Å². The van der Waals surface area contributed by atoms with Gasteiger partial charge in [-0.05, 0) is 36.6 Å². The number of nitrogens with zero attached hydrogens (tertiary/aromatic N) is 2. The van der Waals surface area contributed by atoms with Crippen LogP contribution in [0.3, 0.4) is 0 Å². The minimum Gasteiger partial charge on any atom is -0.399 e. The van der Waals surface area contributed by atoms with Crippen LogP contribution >= 0.6 is 0 Å². The summed E-state index contributed by atoms with van der Waals surface area (Å²) in [5.41, 5.74) is 6.36. The number of hydrogen-bond donors (Lipinski definition) is 1. The predicted octanol–water partition coefficient (Wildman–Crippen LogP) is 3.01. The van der Waals surface area contributed by atoms with Crippen molar-refractivity contribution in [1.29, 1.82) is 0 Å². The average Bonchev–Trinajstić information content (AvgIpc) is 2.37. The quantitative estimate of drug-likeness (QED) is 0.816. The van der Waals surface area contributed by atoms with E-state index in [1.807, 2.05) is 23.5 Å². The summed E-state index contributed by atoms with van der Waals surface area (Å²) >= 11 is 0. The van der Waals surface area contributed by atoms with Gasteiger partial charge < -0.3 is 5.73 Å².